The monoisotopic (exact) mass is 334 g/mol. The molecular formula is C14H11BrN2OS. The average molecular weight is 335 g/mol. The van der Waals surface area contributed by atoms with Gasteiger partial charge in [0.15, 0.2) is 5.16 Å². The molecule has 96 valence electrons. The quantitative estimate of drug-likeness (QED) is 0.761. The lowest BCUT2D eigenvalue weighted by molar-refractivity contribution is 0.279. The molecule has 0 atom stereocenters. The highest BCUT2D eigenvalue weighted by atomic mass is 79.9. The van der Waals surface area contributed by atoms with Crippen molar-refractivity contribution in [2.75, 3.05) is 0 Å². The fourth-order valence-corrected chi connectivity index (χ4v) is 3.17. The fraction of sp³-hybridized carbons (Fsp3) is 0.0714. The number of benzene rings is 2. The maximum atomic E-state index is 9.40. The maximum Gasteiger partial charge on any atom is 0.171 e. The molecule has 3 rings (SSSR count). The van der Waals surface area contributed by atoms with Crippen molar-refractivity contribution in [3.05, 3.63) is 52.5 Å². The number of nitrogens with one attached hydrogen (secondary N) is 1. The van der Waals surface area contributed by atoms with E-state index in [-0.39, 0.29) is 6.61 Å². The summed E-state index contributed by atoms with van der Waals surface area (Å²) >= 11 is 4.93. The Labute approximate surface area is 123 Å². The zero-order valence-electron chi connectivity index (χ0n) is 9.93. The molecule has 0 bridgehead atoms. The first kappa shape index (κ1) is 12.7. The lowest BCUT2D eigenvalue weighted by Crippen LogP contribution is -1.88. The highest BCUT2D eigenvalue weighted by Gasteiger charge is 2.08. The number of aromatic amines is 1. The number of H-pyrrole nitrogens is 1. The summed E-state index contributed by atoms with van der Waals surface area (Å²) in [5.41, 5.74) is 2.86. The number of nitrogens with zero attached hydrogens (tertiary/aromatic N) is 1. The van der Waals surface area contributed by atoms with Crippen LogP contribution in [0.5, 0.6) is 0 Å². The van der Waals surface area contributed by atoms with Gasteiger partial charge in [0.25, 0.3) is 0 Å². The summed E-state index contributed by atoms with van der Waals surface area (Å²) in [6.07, 6.45) is 0. The molecule has 0 unspecified atom stereocenters. The second kappa shape index (κ2) is 5.36. The van der Waals surface area contributed by atoms with E-state index < -0.39 is 0 Å². The van der Waals surface area contributed by atoms with Crippen LogP contribution >= 0.6 is 27.7 Å². The Bertz CT molecular complexity index is 693. The van der Waals surface area contributed by atoms with Crippen LogP contribution in [0.25, 0.3) is 11.0 Å². The zero-order chi connectivity index (χ0) is 13.2. The van der Waals surface area contributed by atoms with Crippen molar-refractivity contribution in [1.82, 2.24) is 9.97 Å². The first-order valence-electron chi connectivity index (χ1n) is 5.78. The molecule has 0 radical (unpaired) electrons. The van der Waals surface area contributed by atoms with Crippen LogP contribution < -0.4 is 0 Å². The molecule has 0 aliphatic carbocycles. The molecule has 0 amide bonds. The SMILES string of the molecule is OCc1cc(Br)ccc1Sc1nc2ccccc2[nH]1. The number of imidazole rings is 1. The van der Waals surface area contributed by atoms with Gasteiger partial charge >= 0.3 is 0 Å². The minimum atomic E-state index is 0.0159. The van der Waals surface area contributed by atoms with Gasteiger partial charge in [0.05, 0.1) is 17.6 Å². The number of rotatable bonds is 3. The summed E-state index contributed by atoms with van der Waals surface area (Å²) in [5, 5.41) is 10.2. The van der Waals surface area contributed by atoms with E-state index in [9.17, 15) is 5.11 Å². The normalized spacial score (nSPS) is 11.1. The molecule has 0 aliphatic heterocycles. The van der Waals surface area contributed by atoms with Crippen LogP contribution in [0.15, 0.2) is 57.0 Å². The number of aliphatic hydroxyl groups excluding tert-OH is 1. The molecule has 19 heavy (non-hydrogen) atoms. The van der Waals surface area contributed by atoms with E-state index >= 15 is 0 Å². The molecule has 0 spiro atoms. The lowest BCUT2D eigenvalue weighted by Gasteiger charge is -2.05. The van der Waals surface area contributed by atoms with E-state index in [1.54, 1.807) is 0 Å². The largest absolute Gasteiger partial charge is 0.392 e. The minimum Gasteiger partial charge on any atom is -0.392 e. The van der Waals surface area contributed by atoms with Crippen molar-refractivity contribution in [1.29, 1.82) is 0 Å². The predicted molar refractivity (Wildman–Crippen MR) is 80.3 cm³/mol. The Morgan fingerprint density at radius 1 is 1.21 bits per heavy atom. The number of aromatic nitrogens is 2. The van der Waals surface area contributed by atoms with Crippen LogP contribution in [0.3, 0.4) is 0 Å². The van der Waals surface area contributed by atoms with Gasteiger partial charge in [-0.25, -0.2) is 4.98 Å². The average Bonchev–Trinajstić information content (AvgIpc) is 2.83. The van der Waals surface area contributed by atoms with Crippen molar-refractivity contribution >= 4 is 38.7 Å². The standard InChI is InChI=1S/C14H11BrN2OS/c15-10-5-6-13(9(7-10)8-18)19-14-16-11-3-1-2-4-12(11)17-14/h1-7,18H,8H2,(H,16,17). The lowest BCUT2D eigenvalue weighted by atomic mass is 10.2. The van der Waals surface area contributed by atoms with Crippen molar-refractivity contribution in [3.63, 3.8) is 0 Å². The van der Waals surface area contributed by atoms with Gasteiger partial charge in [-0.1, -0.05) is 39.8 Å². The smallest absolute Gasteiger partial charge is 0.171 e. The molecule has 5 heteroatoms. The first-order valence-corrected chi connectivity index (χ1v) is 7.39. The third-order valence-corrected chi connectivity index (χ3v) is 4.27. The van der Waals surface area contributed by atoms with E-state index in [1.165, 1.54) is 11.8 Å². The summed E-state index contributed by atoms with van der Waals surface area (Å²) < 4.78 is 0.963. The van der Waals surface area contributed by atoms with Crippen LogP contribution in [0.4, 0.5) is 0 Å². The van der Waals surface area contributed by atoms with Crippen LogP contribution in [0.2, 0.25) is 0 Å². The number of para-hydroxylation sites is 2. The van der Waals surface area contributed by atoms with Crippen molar-refractivity contribution in [3.8, 4) is 0 Å². The zero-order valence-corrected chi connectivity index (χ0v) is 12.3. The predicted octanol–water partition coefficient (Wildman–Crippen LogP) is 3.97. The van der Waals surface area contributed by atoms with Crippen molar-refractivity contribution < 1.29 is 5.11 Å². The number of hydrogen-bond acceptors (Lipinski definition) is 3. The van der Waals surface area contributed by atoms with E-state index in [0.717, 1.165) is 31.1 Å². The van der Waals surface area contributed by atoms with Crippen LogP contribution in [0.1, 0.15) is 5.56 Å². The Morgan fingerprint density at radius 2 is 2.05 bits per heavy atom. The Kier molecular flexibility index (Phi) is 3.59. The highest BCUT2D eigenvalue weighted by molar-refractivity contribution is 9.10. The first-order chi connectivity index (χ1) is 9.26. The highest BCUT2D eigenvalue weighted by Crippen LogP contribution is 2.31. The molecule has 0 aliphatic rings. The molecule has 2 aromatic carbocycles. The van der Waals surface area contributed by atoms with Crippen LogP contribution in [-0.2, 0) is 6.61 Å². The molecule has 1 heterocycles. The molecule has 1 aromatic heterocycles. The molecule has 3 aromatic rings. The number of aliphatic hydroxyl groups is 1. The van der Waals surface area contributed by atoms with Gasteiger partial charge in [-0.15, -0.1) is 0 Å². The van der Waals surface area contributed by atoms with Crippen LogP contribution in [-0.4, -0.2) is 15.1 Å². The summed E-state index contributed by atoms with van der Waals surface area (Å²) in [5.74, 6) is 0. The third-order valence-electron chi connectivity index (χ3n) is 2.77. The van der Waals surface area contributed by atoms with Gasteiger partial charge < -0.3 is 10.1 Å². The molecule has 0 fully saturated rings. The maximum absolute atomic E-state index is 9.40. The van der Waals surface area contributed by atoms with E-state index in [4.69, 9.17) is 0 Å². The second-order valence-electron chi connectivity index (χ2n) is 4.07. The van der Waals surface area contributed by atoms with Gasteiger partial charge in [-0.3, -0.25) is 0 Å². The van der Waals surface area contributed by atoms with Gasteiger partial charge in [0, 0.05) is 9.37 Å². The van der Waals surface area contributed by atoms with E-state index in [1.807, 2.05) is 42.5 Å². The molecule has 0 saturated heterocycles. The minimum absolute atomic E-state index is 0.0159. The Morgan fingerprint density at radius 3 is 2.84 bits per heavy atom. The third kappa shape index (κ3) is 2.68. The number of hydrogen-bond donors (Lipinski definition) is 2. The number of halogens is 1. The van der Waals surface area contributed by atoms with E-state index in [0.29, 0.717) is 0 Å². The molecular weight excluding hydrogens is 324 g/mol. The van der Waals surface area contributed by atoms with E-state index in [2.05, 4.69) is 25.9 Å². The summed E-state index contributed by atoms with van der Waals surface area (Å²) in [6.45, 7) is 0.0159. The van der Waals surface area contributed by atoms with Crippen molar-refractivity contribution in [2.24, 2.45) is 0 Å². The Hall–Kier alpha value is -1.30. The Balaban J connectivity index is 1.96. The topological polar surface area (TPSA) is 48.9 Å². The summed E-state index contributed by atoms with van der Waals surface area (Å²) in [7, 11) is 0. The molecule has 3 nitrogen and oxygen atoms in total. The van der Waals surface area contributed by atoms with Crippen molar-refractivity contribution in [2.45, 2.75) is 16.7 Å². The molecule has 0 saturated carbocycles. The summed E-state index contributed by atoms with van der Waals surface area (Å²) in [4.78, 5) is 8.79. The fourth-order valence-electron chi connectivity index (χ4n) is 1.85. The van der Waals surface area contributed by atoms with Gasteiger partial charge in [-0.2, -0.15) is 0 Å². The van der Waals surface area contributed by atoms with Gasteiger partial charge in [0.1, 0.15) is 0 Å². The van der Waals surface area contributed by atoms with Gasteiger partial charge in [0.2, 0.25) is 0 Å². The second-order valence-corrected chi connectivity index (χ2v) is 6.02. The van der Waals surface area contributed by atoms with Gasteiger partial charge in [-0.05, 0) is 35.9 Å². The summed E-state index contributed by atoms with van der Waals surface area (Å²) in [6, 6.07) is 13.8. The number of fused-ring (bicyclic) bond motifs is 1. The van der Waals surface area contributed by atoms with Crippen LogP contribution in [0, 0.1) is 0 Å². The molecule has 2 N–H and O–H groups in total.